The maximum absolute atomic E-state index is 11.8. The zero-order valence-corrected chi connectivity index (χ0v) is 15.5. The standard InChI is InChI=1S/C21H18N2O6/c1-11(24)29-13-7-5-12(6-8-13)19-15-4-2-3-14(15)18-17(23(27)28)10-9-16(21(25)26)20(18)22-19/h2-3,5-10,14-15,19,22H,4H2,1H3,(H,25,26)/t14-,15+,19-/m1/s1. The lowest BCUT2D eigenvalue weighted by molar-refractivity contribution is -0.385. The van der Waals surface area contributed by atoms with Crippen molar-refractivity contribution in [2.75, 3.05) is 5.32 Å². The molecule has 0 saturated heterocycles. The SMILES string of the molecule is CC(=O)Oc1ccc([C@H]2Nc3c(C(=O)O)ccc([N+](=O)[O-])c3[C@@H]3C=CC[C@H]23)cc1. The third-order valence-electron chi connectivity index (χ3n) is 5.42. The number of carboxylic acid groups (broad SMARTS) is 1. The normalized spacial score (nSPS) is 21.6. The maximum atomic E-state index is 11.8. The summed E-state index contributed by atoms with van der Waals surface area (Å²) < 4.78 is 5.07. The zero-order chi connectivity index (χ0) is 20.7. The first-order valence-corrected chi connectivity index (χ1v) is 9.13. The number of benzene rings is 2. The van der Waals surface area contributed by atoms with Crippen LogP contribution in [-0.2, 0) is 4.79 Å². The van der Waals surface area contributed by atoms with Crippen LogP contribution >= 0.6 is 0 Å². The van der Waals surface area contributed by atoms with Gasteiger partial charge >= 0.3 is 11.9 Å². The molecule has 0 saturated carbocycles. The number of carbonyl (C=O) groups is 2. The van der Waals surface area contributed by atoms with Gasteiger partial charge in [-0.25, -0.2) is 4.79 Å². The largest absolute Gasteiger partial charge is 0.478 e. The summed E-state index contributed by atoms with van der Waals surface area (Å²) in [4.78, 5) is 34.0. The van der Waals surface area contributed by atoms with Crippen LogP contribution in [0.3, 0.4) is 0 Å². The van der Waals surface area contributed by atoms with Crippen molar-refractivity contribution in [1.29, 1.82) is 0 Å². The fourth-order valence-electron chi connectivity index (χ4n) is 4.27. The number of nitro groups is 1. The number of nitrogens with zero attached hydrogens (tertiary/aromatic N) is 1. The van der Waals surface area contributed by atoms with Crippen LogP contribution in [0.5, 0.6) is 5.75 Å². The highest BCUT2D eigenvalue weighted by atomic mass is 16.6. The summed E-state index contributed by atoms with van der Waals surface area (Å²) in [5.41, 5.74) is 1.51. The van der Waals surface area contributed by atoms with Crippen LogP contribution in [0.25, 0.3) is 0 Å². The minimum atomic E-state index is -1.15. The van der Waals surface area contributed by atoms with Gasteiger partial charge in [-0.2, -0.15) is 0 Å². The Morgan fingerprint density at radius 2 is 1.93 bits per heavy atom. The van der Waals surface area contributed by atoms with Gasteiger partial charge in [0.2, 0.25) is 0 Å². The molecule has 4 rings (SSSR count). The number of esters is 1. The Morgan fingerprint density at radius 3 is 2.55 bits per heavy atom. The number of carbonyl (C=O) groups excluding carboxylic acids is 1. The average Bonchev–Trinajstić information content (AvgIpc) is 3.16. The second-order valence-electron chi connectivity index (χ2n) is 7.12. The first-order valence-electron chi connectivity index (χ1n) is 9.13. The van der Waals surface area contributed by atoms with Crippen molar-refractivity contribution in [3.63, 3.8) is 0 Å². The van der Waals surface area contributed by atoms with E-state index in [0.29, 0.717) is 17.7 Å². The van der Waals surface area contributed by atoms with Crippen LogP contribution < -0.4 is 10.1 Å². The number of allylic oxidation sites excluding steroid dienone is 2. The Hall–Kier alpha value is -3.68. The molecule has 29 heavy (non-hydrogen) atoms. The summed E-state index contributed by atoms with van der Waals surface area (Å²) in [7, 11) is 0. The smallest absolute Gasteiger partial charge is 0.337 e. The van der Waals surface area contributed by atoms with Crippen LogP contribution in [0, 0.1) is 16.0 Å². The van der Waals surface area contributed by atoms with Crippen molar-refractivity contribution < 1.29 is 24.4 Å². The molecule has 8 nitrogen and oxygen atoms in total. The molecule has 2 aromatic rings. The summed E-state index contributed by atoms with van der Waals surface area (Å²) in [5, 5.41) is 24.5. The van der Waals surface area contributed by atoms with Gasteiger partial charge in [-0.15, -0.1) is 0 Å². The second-order valence-corrected chi connectivity index (χ2v) is 7.12. The molecule has 0 bridgehead atoms. The van der Waals surface area contributed by atoms with E-state index in [2.05, 4.69) is 5.32 Å². The van der Waals surface area contributed by atoms with Crippen molar-refractivity contribution in [1.82, 2.24) is 0 Å². The highest BCUT2D eigenvalue weighted by molar-refractivity contribution is 5.97. The van der Waals surface area contributed by atoms with Crippen LogP contribution in [0.1, 0.15) is 46.8 Å². The van der Waals surface area contributed by atoms with Crippen LogP contribution in [0.2, 0.25) is 0 Å². The Balaban J connectivity index is 1.80. The molecule has 2 aromatic carbocycles. The minimum absolute atomic E-state index is 0.00446. The Kier molecular flexibility index (Phi) is 4.54. The summed E-state index contributed by atoms with van der Waals surface area (Å²) in [6.45, 7) is 1.32. The number of fused-ring (bicyclic) bond motifs is 3. The van der Waals surface area contributed by atoms with Gasteiger partial charge in [0.25, 0.3) is 5.69 Å². The number of hydrogen-bond donors (Lipinski definition) is 2. The molecule has 0 radical (unpaired) electrons. The van der Waals surface area contributed by atoms with Gasteiger partial charge in [0.1, 0.15) is 5.75 Å². The number of nitrogens with one attached hydrogen (secondary N) is 1. The zero-order valence-electron chi connectivity index (χ0n) is 15.5. The Labute approximate surface area is 166 Å². The fourth-order valence-corrected chi connectivity index (χ4v) is 4.27. The summed E-state index contributed by atoms with van der Waals surface area (Å²) in [6, 6.07) is 9.28. The summed E-state index contributed by atoms with van der Waals surface area (Å²) in [6.07, 6.45) is 4.61. The van der Waals surface area contributed by atoms with Crippen molar-refractivity contribution in [2.45, 2.75) is 25.3 Å². The minimum Gasteiger partial charge on any atom is -0.478 e. The number of nitro benzene ring substituents is 1. The van der Waals surface area contributed by atoms with Gasteiger partial charge < -0.3 is 15.2 Å². The monoisotopic (exact) mass is 394 g/mol. The second kappa shape index (κ2) is 7.05. The number of anilines is 1. The van der Waals surface area contributed by atoms with E-state index in [0.717, 1.165) is 5.56 Å². The molecule has 2 N–H and O–H groups in total. The molecule has 1 aliphatic carbocycles. The van der Waals surface area contributed by atoms with Gasteiger partial charge in [0.15, 0.2) is 0 Å². The van der Waals surface area contributed by atoms with Crippen molar-refractivity contribution >= 4 is 23.3 Å². The molecule has 0 fully saturated rings. The molecule has 0 amide bonds. The van der Waals surface area contributed by atoms with Crippen LogP contribution in [0.15, 0.2) is 48.6 Å². The van der Waals surface area contributed by atoms with Crippen molar-refractivity contribution in [3.8, 4) is 5.75 Å². The number of ether oxygens (including phenoxy) is 1. The van der Waals surface area contributed by atoms with E-state index in [-0.39, 0.29) is 34.8 Å². The average molecular weight is 394 g/mol. The molecule has 1 aliphatic heterocycles. The van der Waals surface area contributed by atoms with Crippen LogP contribution in [0.4, 0.5) is 11.4 Å². The van der Waals surface area contributed by atoms with Crippen molar-refractivity contribution in [2.24, 2.45) is 5.92 Å². The van der Waals surface area contributed by atoms with E-state index in [1.54, 1.807) is 12.1 Å². The molecular formula is C21H18N2O6. The van der Waals surface area contributed by atoms with E-state index in [1.165, 1.54) is 19.1 Å². The molecular weight excluding hydrogens is 376 g/mol. The Bertz CT molecular complexity index is 1040. The quantitative estimate of drug-likeness (QED) is 0.264. The highest BCUT2D eigenvalue weighted by Crippen LogP contribution is 2.53. The molecule has 0 spiro atoms. The van der Waals surface area contributed by atoms with Crippen molar-refractivity contribution in [3.05, 3.63) is 75.4 Å². The predicted octanol–water partition coefficient (Wildman–Crippen LogP) is 4.04. The number of aromatic carboxylic acids is 1. The van der Waals surface area contributed by atoms with E-state index in [9.17, 15) is 24.8 Å². The lowest BCUT2D eigenvalue weighted by Crippen LogP contribution is -2.31. The topological polar surface area (TPSA) is 119 Å². The predicted molar refractivity (Wildman–Crippen MR) is 104 cm³/mol. The van der Waals surface area contributed by atoms with Gasteiger partial charge in [-0.05, 0) is 36.1 Å². The lowest BCUT2D eigenvalue weighted by atomic mass is 9.75. The van der Waals surface area contributed by atoms with Gasteiger partial charge in [-0.3, -0.25) is 14.9 Å². The lowest BCUT2D eigenvalue weighted by Gasteiger charge is -2.37. The third kappa shape index (κ3) is 3.22. The van der Waals surface area contributed by atoms with Gasteiger partial charge in [0, 0.05) is 18.9 Å². The maximum Gasteiger partial charge on any atom is 0.337 e. The Morgan fingerprint density at radius 1 is 1.21 bits per heavy atom. The molecule has 0 aromatic heterocycles. The first kappa shape index (κ1) is 18.7. The third-order valence-corrected chi connectivity index (χ3v) is 5.42. The number of hydrogen-bond acceptors (Lipinski definition) is 6. The summed E-state index contributed by atoms with van der Waals surface area (Å²) >= 11 is 0. The highest BCUT2D eigenvalue weighted by Gasteiger charge is 2.43. The van der Waals surface area contributed by atoms with E-state index < -0.39 is 16.9 Å². The van der Waals surface area contributed by atoms with Gasteiger partial charge in [0.05, 0.1) is 27.8 Å². The molecule has 2 aliphatic rings. The molecule has 1 heterocycles. The van der Waals surface area contributed by atoms with Crippen LogP contribution in [-0.4, -0.2) is 22.0 Å². The first-order chi connectivity index (χ1) is 13.9. The fraction of sp³-hybridized carbons (Fsp3) is 0.238. The molecule has 0 unspecified atom stereocenters. The number of carboxylic acids is 1. The van der Waals surface area contributed by atoms with E-state index in [1.807, 2.05) is 24.3 Å². The molecule has 3 atom stereocenters. The molecule has 8 heteroatoms. The molecule has 148 valence electrons. The van der Waals surface area contributed by atoms with E-state index in [4.69, 9.17) is 4.74 Å². The summed E-state index contributed by atoms with van der Waals surface area (Å²) in [5.74, 6) is -1.40. The van der Waals surface area contributed by atoms with Gasteiger partial charge in [-0.1, -0.05) is 24.3 Å². The number of rotatable bonds is 4. The van der Waals surface area contributed by atoms with E-state index >= 15 is 0 Å².